The molecule has 5 N–H and O–H groups in total. The number of rotatable bonds is 7. The number of halogens is 3. The van der Waals surface area contributed by atoms with Crippen LogP contribution in [0.15, 0.2) is 65.3 Å². The van der Waals surface area contributed by atoms with Gasteiger partial charge in [0.1, 0.15) is 29.8 Å². The van der Waals surface area contributed by atoms with Gasteiger partial charge in [0.25, 0.3) is 0 Å². The molecule has 1 aromatic heterocycles. The van der Waals surface area contributed by atoms with Gasteiger partial charge in [0, 0.05) is 23.1 Å². The van der Waals surface area contributed by atoms with Gasteiger partial charge < -0.3 is 25.7 Å². The van der Waals surface area contributed by atoms with Gasteiger partial charge in [-0.2, -0.15) is 13.2 Å². The number of aryl methyl sites for hydroxylation is 1. The van der Waals surface area contributed by atoms with Crippen LogP contribution in [0.3, 0.4) is 0 Å². The highest BCUT2D eigenvalue weighted by molar-refractivity contribution is 5.95. The van der Waals surface area contributed by atoms with E-state index in [1.807, 2.05) is 25.1 Å². The smallest absolute Gasteiger partial charge is 0.420 e. The van der Waals surface area contributed by atoms with Crippen molar-refractivity contribution in [3.05, 3.63) is 88.7 Å². The molecule has 0 aliphatic rings. The van der Waals surface area contributed by atoms with E-state index in [4.69, 9.17) is 14.9 Å². The summed E-state index contributed by atoms with van der Waals surface area (Å²) in [7, 11) is 1.50. The van der Waals surface area contributed by atoms with Gasteiger partial charge in [-0.15, -0.1) is 0 Å². The Morgan fingerprint density at radius 1 is 1.06 bits per heavy atom. The van der Waals surface area contributed by atoms with Crippen LogP contribution in [0.25, 0.3) is 22.1 Å². The fraction of sp³-hybridized carbons (Fsp3) is 0.222. The average molecular weight is 501 g/mol. The first-order valence-corrected chi connectivity index (χ1v) is 11.1. The van der Waals surface area contributed by atoms with Gasteiger partial charge in [0.05, 0.1) is 6.42 Å². The summed E-state index contributed by atoms with van der Waals surface area (Å²) in [6, 6.07) is 15.5. The van der Waals surface area contributed by atoms with Crippen molar-refractivity contribution in [2.24, 2.45) is 11.5 Å². The third-order valence-corrected chi connectivity index (χ3v) is 5.47. The summed E-state index contributed by atoms with van der Waals surface area (Å²) in [5, 5.41) is 9.13. The molecule has 6 nitrogen and oxygen atoms in total. The van der Waals surface area contributed by atoms with E-state index in [1.165, 1.54) is 13.1 Å². The van der Waals surface area contributed by atoms with E-state index in [1.54, 1.807) is 30.3 Å². The first-order valence-electron chi connectivity index (χ1n) is 11.1. The van der Waals surface area contributed by atoms with Gasteiger partial charge in [0.15, 0.2) is 0 Å². The summed E-state index contributed by atoms with van der Waals surface area (Å²) in [6.45, 7) is 2.06. The van der Waals surface area contributed by atoms with E-state index in [0.29, 0.717) is 28.0 Å². The molecule has 1 heterocycles. The summed E-state index contributed by atoms with van der Waals surface area (Å²) < 4.78 is 52.2. The monoisotopic (exact) mass is 500 g/mol. The number of benzene rings is 3. The molecular formula is C27H27F3N2O4. The standard InChI is InChI=1S/C26H22F3NO4.CH5N/c1-15-3-2-4-18(7-15)20-8-17(9-21-22(26(27,28)29)14-34-25(20)21)13-33-23-10-16(12-30)5-6-19(23)11-24(31)32;1-2/h2-10,14H,11-13,30H2,1H3,(H,31,32);2H2,1H3. The molecule has 190 valence electrons. The number of carboxylic acid groups (broad SMARTS) is 1. The lowest BCUT2D eigenvalue weighted by Gasteiger charge is -2.14. The molecule has 4 rings (SSSR count). The molecule has 0 saturated carbocycles. The molecule has 3 aromatic carbocycles. The second kappa shape index (κ2) is 11.3. The van der Waals surface area contributed by atoms with Crippen molar-refractivity contribution < 1.29 is 32.2 Å². The summed E-state index contributed by atoms with van der Waals surface area (Å²) in [5.74, 6) is -0.701. The van der Waals surface area contributed by atoms with E-state index in [9.17, 15) is 23.1 Å². The Bertz CT molecular complexity index is 1360. The summed E-state index contributed by atoms with van der Waals surface area (Å²) in [6.07, 6.45) is -4.11. The first-order chi connectivity index (χ1) is 17.2. The number of furan rings is 1. The lowest BCUT2D eigenvalue weighted by Crippen LogP contribution is -2.06. The Labute approximate surface area is 206 Å². The highest BCUT2D eigenvalue weighted by Gasteiger charge is 2.35. The predicted octanol–water partition coefficient (Wildman–Crippen LogP) is 5.67. The summed E-state index contributed by atoms with van der Waals surface area (Å²) >= 11 is 0. The molecule has 0 radical (unpaired) electrons. The molecule has 0 spiro atoms. The molecule has 9 heteroatoms. The van der Waals surface area contributed by atoms with Crippen LogP contribution in [0.5, 0.6) is 5.75 Å². The largest absolute Gasteiger partial charge is 0.489 e. The highest BCUT2D eigenvalue weighted by Crippen LogP contribution is 2.40. The van der Waals surface area contributed by atoms with Crippen LogP contribution in [-0.2, 0) is 30.5 Å². The maximum atomic E-state index is 13.6. The second-order valence-electron chi connectivity index (χ2n) is 8.04. The molecule has 0 amide bonds. The zero-order valence-corrected chi connectivity index (χ0v) is 19.9. The summed E-state index contributed by atoms with van der Waals surface area (Å²) in [4.78, 5) is 11.2. The quantitative estimate of drug-likeness (QED) is 0.302. The van der Waals surface area contributed by atoms with Crippen LogP contribution >= 0.6 is 0 Å². The average Bonchev–Trinajstić information content (AvgIpc) is 3.28. The van der Waals surface area contributed by atoms with Crippen molar-refractivity contribution in [1.29, 1.82) is 0 Å². The molecule has 4 aromatic rings. The third kappa shape index (κ3) is 6.05. The molecule has 0 atom stereocenters. The van der Waals surface area contributed by atoms with Gasteiger partial charge >= 0.3 is 12.1 Å². The van der Waals surface area contributed by atoms with Crippen molar-refractivity contribution >= 4 is 16.9 Å². The van der Waals surface area contributed by atoms with Crippen molar-refractivity contribution in [2.45, 2.75) is 32.7 Å². The van der Waals surface area contributed by atoms with Crippen molar-refractivity contribution in [1.82, 2.24) is 0 Å². The maximum absolute atomic E-state index is 13.6. The molecule has 0 aliphatic carbocycles. The molecule has 0 aliphatic heterocycles. The molecule has 36 heavy (non-hydrogen) atoms. The number of carboxylic acids is 1. The number of aliphatic carboxylic acids is 1. The SMILES string of the molecule is CN.Cc1cccc(-c2cc(COc3cc(CN)ccc3CC(=O)O)cc3c(C(F)(F)F)coc23)c1. The molecule has 0 unspecified atom stereocenters. The molecular weight excluding hydrogens is 473 g/mol. The first kappa shape index (κ1) is 26.8. The van der Waals surface area contributed by atoms with E-state index >= 15 is 0 Å². The van der Waals surface area contributed by atoms with Crippen LogP contribution in [0.2, 0.25) is 0 Å². The molecule has 0 saturated heterocycles. The van der Waals surface area contributed by atoms with E-state index in [-0.39, 0.29) is 30.5 Å². The maximum Gasteiger partial charge on any atom is 0.420 e. The number of alkyl halides is 3. The lowest BCUT2D eigenvalue weighted by atomic mass is 9.98. The van der Waals surface area contributed by atoms with Gasteiger partial charge in [-0.1, -0.05) is 42.0 Å². The lowest BCUT2D eigenvalue weighted by molar-refractivity contribution is -0.137. The van der Waals surface area contributed by atoms with Crippen molar-refractivity contribution in [2.75, 3.05) is 7.05 Å². The molecule has 0 bridgehead atoms. The Hall–Kier alpha value is -3.82. The Morgan fingerprint density at radius 3 is 2.44 bits per heavy atom. The fourth-order valence-corrected chi connectivity index (χ4v) is 3.86. The number of hydrogen-bond acceptors (Lipinski definition) is 5. The van der Waals surface area contributed by atoms with E-state index in [0.717, 1.165) is 17.4 Å². The van der Waals surface area contributed by atoms with Crippen LogP contribution in [-0.4, -0.2) is 18.1 Å². The van der Waals surface area contributed by atoms with Crippen LogP contribution in [0, 0.1) is 6.92 Å². The van der Waals surface area contributed by atoms with Gasteiger partial charge in [-0.25, -0.2) is 0 Å². The zero-order valence-electron chi connectivity index (χ0n) is 19.9. The topological polar surface area (TPSA) is 112 Å². The number of ether oxygens (including phenoxy) is 1. The Kier molecular flexibility index (Phi) is 8.39. The zero-order chi connectivity index (χ0) is 26.5. The van der Waals surface area contributed by atoms with Crippen LogP contribution in [0.4, 0.5) is 13.2 Å². The van der Waals surface area contributed by atoms with E-state index in [2.05, 4.69) is 5.73 Å². The normalized spacial score (nSPS) is 11.2. The predicted molar refractivity (Wildman–Crippen MR) is 132 cm³/mol. The number of hydrogen-bond donors (Lipinski definition) is 3. The minimum absolute atomic E-state index is 0.0634. The van der Waals surface area contributed by atoms with Gasteiger partial charge in [-0.3, -0.25) is 4.79 Å². The van der Waals surface area contributed by atoms with Gasteiger partial charge in [-0.05, 0) is 48.9 Å². The Morgan fingerprint density at radius 2 is 1.81 bits per heavy atom. The van der Waals surface area contributed by atoms with Gasteiger partial charge in [0.2, 0.25) is 0 Å². The minimum atomic E-state index is -4.58. The summed E-state index contributed by atoms with van der Waals surface area (Å²) in [5.41, 5.74) is 13.3. The second-order valence-corrected chi connectivity index (χ2v) is 8.04. The molecule has 0 fully saturated rings. The van der Waals surface area contributed by atoms with Crippen LogP contribution < -0.4 is 16.2 Å². The third-order valence-electron chi connectivity index (χ3n) is 5.47. The fourth-order valence-electron chi connectivity index (χ4n) is 3.86. The number of fused-ring (bicyclic) bond motifs is 1. The van der Waals surface area contributed by atoms with Crippen LogP contribution in [0.1, 0.15) is 27.8 Å². The van der Waals surface area contributed by atoms with Crippen molar-refractivity contribution in [3.63, 3.8) is 0 Å². The highest BCUT2D eigenvalue weighted by atomic mass is 19.4. The minimum Gasteiger partial charge on any atom is -0.489 e. The number of carbonyl (C=O) groups is 1. The number of nitrogens with two attached hydrogens (primary N) is 2. The van der Waals surface area contributed by atoms with E-state index < -0.39 is 17.7 Å². The Balaban J connectivity index is 0.00000176. The van der Waals surface area contributed by atoms with Crippen molar-refractivity contribution in [3.8, 4) is 16.9 Å².